The number of nitrogens with zero attached hydrogens (tertiary/aromatic N) is 3. The van der Waals surface area contributed by atoms with Gasteiger partial charge in [-0.3, -0.25) is 0 Å². The van der Waals surface area contributed by atoms with Crippen molar-refractivity contribution in [1.29, 1.82) is 10.5 Å². The zero-order valence-corrected chi connectivity index (χ0v) is 11.1. The molecule has 1 heterocycles. The first-order chi connectivity index (χ1) is 9.24. The minimum Gasteiger partial charge on any atom is -0.366 e. The van der Waals surface area contributed by atoms with Crippen LogP contribution in [0.1, 0.15) is 18.9 Å². The van der Waals surface area contributed by atoms with Gasteiger partial charge in [0.05, 0.1) is 30.2 Å². The van der Waals surface area contributed by atoms with E-state index in [0.29, 0.717) is 17.9 Å². The lowest BCUT2D eigenvalue weighted by Crippen LogP contribution is -2.40. The maximum Gasteiger partial charge on any atom is 0.0991 e. The summed E-state index contributed by atoms with van der Waals surface area (Å²) in [5.41, 5.74) is 1.76. The molecule has 1 aromatic rings. The summed E-state index contributed by atoms with van der Waals surface area (Å²) in [5.74, 6) is 0.541. The maximum atomic E-state index is 8.98. The molecule has 2 rings (SSSR count). The van der Waals surface area contributed by atoms with Gasteiger partial charge in [-0.15, -0.1) is 0 Å². The van der Waals surface area contributed by atoms with Crippen molar-refractivity contribution in [3.63, 3.8) is 0 Å². The van der Waals surface area contributed by atoms with Gasteiger partial charge in [-0.05, 0) is 36.7 Å². The summed E-state index contributed by atoms with van der Waals surface area (Å²) >= 11 is 0. The van der Waals surface area contributed by atoms with E-state index in [4.69, 9.17) is 10.5 Å². The molecule has 2 unspecified atom stereocenters. The van der Waals surface area contributed by atoms with Crippen molar-refractivity contribution in [2.75, 3.05) is 24.5 Å². The highest BCUT2D eigenvalue weighted by Crippen LogP contribution is 2.22. The van der Waals surface area contributed by atoms with Crippen LogP contribution in [0.25, 0.3) is 0 Å². The zero-order valence-electron chi connectivity index (χ0n) is 11.1. The Bertz CT molecular complexity index is 494. The zero-order chi connectivity index (χ0) is 13.7. The lowest BCUT2D eigenvalue weighted by Gasteiger charge is -2.31. The lowest BCUT2D eigenvalue weighted by atomic mass is 10.1. The summed E-state index contributed by atoms with van der Waals surface area (Å²) < 4.78 is 0. The summed E-state index contributed by atoms with van der Waals surface area (Å²) in [6.07, 6.45) is 0.514. The molecule has 4 nitrogen and oxygen atoms in total. The van der Waals surface area contributed by atoms with E-state index in [1.807, 2.05) is 24.3 Å². The normalized spacial score (nSPS) is 23.2. The van der Waals surface area contributed by atoms with E-state index < -0.39 is 0 Å². The molecule has 1 fully saturated rings. The van der Waals surface area contributed by atoms with Crippen LogP contribution in [0.15, 0.2) is 24.3 Å². The van der Waals surface area contributed by atoms with Crippen molar-refractivity contribution in [3.05, 3.63) is 29.8 Å². The van der Waals surface area contributed by atoms with E-state index in [2.05, 4.69) is 29.3 Å². The van der Waals surface area contributed by atoms with Gasteiger partial charge in [-0.1, -0.05) is 6.92 Å². The van der Waals surface area contributed by atoms with Crippen molar-refractivity contribution >= 4 is 5.69 Å². The van der Waals surface area contributed by atoms with Crippen LogP contribution in [0.5, 0.6) is 0 Å². The summed E-state index contributed by atoms with van der Waals surface area (Å²) in [7, 11) is 0. The number of nitrogens with one attached hydrogen (secondary N) is 1. The highest BCUT2D eigenvalue weighted by atomic mass is 15.2. The average molecular weight is 254 g/mol. The van der Waals surface area contributed by atoms with Crippen molar-refractivity contribution in [3.8, 4) is 12.1 Å². The van der Waals surface area contributed by atoms with E-state index in [9.17, 15) is 0 Å². The first-order valence-corrected chi connectivity index (χ1v) is 6.59. The molecule has 0 radical (unpaired) electrons. The Morgan fingerprint density at radius 1 is 1.26 bits per heavy atom. The number of benzene rings is 1. The molecular weight excluding hydrogens is 236 g/mol. The van der Waals surface area contributed by atoms with Crippen LogP contribution in [-0.4, -0.2) is 25.7 Å². The second kappa shape index (κ2) is 6.22. The van der Waals surface area contributed by atoms with E-state index in [1.54, 1.807) is 0 Å². The Kier molecular flexibility index (Phi) is 4.39. The summed E-state index contributed by atoms with van der Waals surface area (Å²) in [4.78, 5) is 2.29. The van der Waals surface area contributed by atoms with Crippen LogP contribution < -0.4 is 10.2 Å². The minimum atomic E-state index is 0.197. The first-order valence-electron chi connectivity index (χ1n) is 6.59. The molecular formula is C15H18N4. The van der Waals surface area contributed by atoms with E-state index in [-0.39, 0.29) is 6.04 Å². The number of nitriles is 2. The third-order valence-corrected chi connectivity index (χ3v) is 3.48. The van der Waals surface area contributed by atoms with Gasteiger partial charge in [0.25, 0.3) is 0 Å². The molecule has 19 heavy (non-hydrogen) atoms. The number of anilines is 1. The summed E-state index contributed by atoms with van der Waals surface area (Å²) in [6.45, 7) is 4.95. The lowest BCUT2D eigenvalue weighted by molar-refractivity contribution is 0.563. The molecule has 98 valence electrons. The summed E-state index contributed by atoms with van der Waals surface area (Å²) in [5, 5.41) is 21.2. The highest BCUT2D eigenvalue weighted by molar-refractivity contribution is 5.51. The minimum absolute atomic E-state index is 0.197. The van der Waals surface area contributed by atoms with Crippen molar-refractivity contribution < 1.29 is 0 Å². The quantitative estimate of drug-likeness (QED) is 0.875. The molecule has 0 saturated carbocycles. The fourth-order valence-corrected chi connectivity index (χ4v) is 2.49. The highest BCUT2D eigenvalue weighted by Gasteiger charge is 2.23. The monoisotopic (exact) mass is 254 g/mol. The molecule has 0 bridgehead atoms. The van der Waals surface area contributed by atoms with Crippen LogP contribution in [0, 0.1) is 28.6 Å². The predicted octanol–water partition coefficient (Wildman–Crippen LogP) is 1.89. The van der Waals surface area contributed by atoms with Gasteiger partial charge in [-0.25, -0.2) is 0 Å². The Morgan fingerprint density at radius 3 is 2.63 bits per heavy atom. The van der Waals surface area contributed by atoms with Gasteiger partial charge < -0.3 is 10.2 Å². The molecule has 1 N–H and O–H groups in total. The topological polar surface area (TPSA) is 62.9 Å². The van der Waals surface area contributed by atoms with Gasteiger partial charge >= 0.3 is 0 Å². The van der Waals surface area contributed by atoms with Crippen LogP contribution in [-0.2, 0) is 0 Å². The molecule has 2 atom stereocenters. The Labute approximate surface area is 114 Å². The maximum absolute atomic E-state index is 8.98. The predicted molar refractivity (Wildman–Crippen MR) is 74.6 cm³/mol. The van der Waals surface area contributed by atoms with Crippen molar-refractivity contribution in [1.82, 2.24) is 5.32 Å². The molecule has 0 amide bonds. The molecule has 0 aliphatic carbocycles. The molecule has 1 aliphatic rings. The fourth-order valence-electron chi connectivity index (χ4n) is 2.49. The number of hydrogen-bond acceptors (Lipinski definition) is 4. The Balaban J connectivity index is 2.25. The van der Waals surface area contributed by atoms with E-state index in [1.165, 1.54) is 0 Å². The number of hydrogen-bond donors (Lipinski definition) is 1. The molecule has 0 spiro atoms. The van der Waals surface area contributed by atoms with E-state index in [0.717, 1.165) is 25.3 Å². The molecule has 1 aromatic carbocycles. The Hall–Kier alpha value is -2.04. The Morgan fingerprint density at radius 2 is 2.00 bits per heavy atom. The SMILES string of the molecule is CC1CNCC(CC#N)N(c2ccc(C#N)cc2)C1. The third kappa shape index (κ3) is 3.24. The van der Waals surface area contributed by atoms with Crippen molar-refractivity contribution in [2.24, 2.45) is 5.92 Å². The number of rotatable bonds is 2. The fraction of sp³-hybridized carbons (Fsp3) is 0.467. The second-order valence-corrected chi connectivity index (χ2v) is 5.09. The van der Waals surface area contributed by atoms with Gasteiger partial charge in [0.15, 0.2) is 0 Å². The van der Waals surface area contributed by atoms with Crippen molar-refractivity contribution in [2.45, 2.75) is 19.4 Å². The van der Waals surface area contributed by atoms with E-state index >= 15 is 0 Å². The van der Waals surface area contributed by atoms with Gasteiger partial charge in [0.2, 0.25) is 0 Å². The second-order valence-electron chi connectivity index (χ2n) is 5.09. The van der Waals surface area contributed by atoms with Gasteiger partial charge in [-0.2, -0.15) is 10.5 Å². The molecule has 1 saturated heterocycles. The average Bonchev–Trinajstić information content (AvgIpc) is 2.61. The van der Waals surface area contributed by atoms with Crippen LogP contribution in [0.4, 0.5) is 5.69 Å². The van der Waals surface area contributed by atoms with Crippen LogP contribution >= 0.6 is 0 Å². The van der Waals surface area contributed by atoms with Crippen LogP contribution in [0.2, 0.25) is 0 Å². The molecule has 1 aliphatic heterocycles. The molecule has 4 heteroatoms. The standard InChI is InChI=1S/C15H18N4/c1-12-9-18-10-15(6-7-16)19(11-12)14-4-2-13(8-17)3-5-14/h2-5,12,15,18H,6,9-11H2,1H3. The smallest absolute Gasteiger partial charge is 0.0991 e. The van der Waals surface area contributed by atoms with Gasteiger partial charge in [0, 0.05) is 18.8 Å². The van der Waals surface area contributed by atoms with Gasteiger partial charge in [0.1, 0.15) is 0 Å². The van der Waals surface area contributed by atoms with Crippen LogP contribution in [0.3, 0.4) is 0 Å². The third-order valence-electron chi connectivity index (χ3n) is 3.48. The largest absolute Gasteiger partial charge is 0.366 e. The first kappa shape index (κ1) is 13.4. The molecule has 0 aromatic heterocycles. The summed E-state index contributed by atoms with van der Waals surface area (Å²) in [6, 6.07) is 12.2.